The monoisotopic (exact) mass is 382 g/mol. The van der Waals surface area contributed by atoms with Crippen molar-refractivity contribution in [1.82, 2.24) is 5.32 Å². The lowest BCUT2D eigenvalue weighted by atomic mass is 10.2. The summed E-state index contributed by atoms with van der Waals surface area (Å²) in [5.41, 5.74) is 2.31. The Kier molecular flexibility index (Phi) is 5.87. The Labute approximate surface area is 160 Å². The van der Waals surface area contributed by atoms with Gasteiger partial charge in [0.1, 0.15) is 11.0 Å². The number of amides is 2. The molecule has 3 rings (SSSR count). The molecule has 0 spiro atoms. The normalized spacial score (nSPS) is 18.0. The fourth-order valence-corrected chi connectivity index (χ4v) is 3.27. The summed E-state index contributed by atoms with van der Waals surface area (Å²) in [7, 11) is 0. The van der Waals surface area contributed by atoms with E-state index in [4.69, 9.17) is 0 Å². The number of nitrogens with one attached hydrogen (secondary N) is 2. The van der Waals surface area contributed by atoms with Gasteiger partial charge < -0.3 is 15.7 Å². The van der Waals surface area contributed by atoms with E-state index in [1.807, 2.05) is 31.2 Å². The highest BCUT2D eigenvalue weighted by Crippen LogP contribution is 2.23. The minimum Gasteiger partial charge on any atom is -0.507 e. The summed E-state index contributed by atoms with van der Waals surface area (Å²) in [4.78, 5) is 24.2. The first-order valence-corrected chi connectivity index (χ1v) is 9.12. The first-order valence-electron chi connectivity index (χ1n) is 8.24. The van der Waals surface area contributed by atoms with Crippen LogP contribution in [0.25, 0.3) is 0 Å². The van der Waals surface area contributed by atoms with Gasteiger partial charge in [-0.3, -0.25) is 9.59 Å². The number of phenols is 1. The number of hydrogen-bond acceptors (Lipinski definition) is 6. The molecule has 1 saturated heterocycles. The Bertz CT molecular complexity index is 909. The van der Waals surface area contributed by atoms with Crippen LogP contribution in [-0.4, -0.2) is 33.6 Å². The molecule has 0 unspecified atom stereocenters. The molecule has 1 atom stereocenters. The summed E-state index contributed by atoms with van der Waals surface area (Å²) >= 11 is 1.15. The number of amidine groups is 1. The van der Waals surface area contributed by atoms with Crippen molar-refractivity contribution < 1.29 is 14.7 Å². The van der Waals surface area contributed by atoms with Crippen molar-refractivity contribution in [2.75, 3.05) is 5.32 Å². The number of aryl methyl sites for hydroxylation is 1. The molecule has 2 aromatic carbocycles. The zero-order valence-corrected chi connectivity index (χ0v) is 15.4. The van der Waals surface area contributed by atoms with Crippen LogP contribution in [0.1, 0.15) is 17.5 Å². The van der Waals surface area contributed by atoms with Crippen LogP contribution in [0.4, 0.5) is 5.69 Å². The number of anilines is 1. The molecule has 1 aliphatic heterocycles. The molecule has 1 fully saturated rings. The molecule has 0 aromatic heterocycles. The van der Waals surface area contributed by atoms with Crippen molar-refractivity contribution in [3.8, 4) is 5.75 Å². The molecule has 8 heteroatoms. The van der Waals surface area contributed by atoms with Gasteiger partial charge in [-0.15, -0.1) is 5.10 Å². The maximum absolute atomic E-state index is 12.1. The van der Waals surface area contributed by atoms with Crippen LogP contribution in [-0.2, 0) is 9.59 Å². The van der Waals surface area contributed by atoms with Crippen molar-refractivity contribution in [3.05, 3.63) is 59.7 Å². The van der Waals surface area contributed by atoms with Crippen LogP contribution < -0.4 is 10.6 Å². The van der Waals surface area contributed by atoms with Gasteiger partial charge in [0.05, 0.1) is 6.21 Å². The van der Waals surface area contributed by atoms with E-state index in [0.29, 0.717) is 16.4 Å². The molecule has 3 N–H and O–H groups in total. The summed E-state index contributed by atoms with van der Waals surface area (Å²) in [5.74, 6) is -0.434. The molecule has 0 saturated carbocycles. The lowest BCUT2D eigenvalue weighted by molar-refractivity contribution is -0.122. The second kappa shape index (κ2) is 8.50. The first-order chi connectivity index (χ1) is 13.0. The Balaban J connectivity index is 1.56. The largest absolute Gasteiger partial charge is 0.507 e. The molecular formula is C19H18N4O3S. The van der Waals surface area contributed by atoms with Crippen molar-refractivity contribution in [2.45, 2.75) is 18.6 Å². The molecule has 2 aromatic rings. The lowest BCUT2D eigenvalue weighted by Crippen LogP contribution is -2.28. The minimum absolute atomic E-state index is 0.0343. The number of thioether (sulfide) groups is 1. The predicted molar refractivity (Wildman–Crippen MR) is 107 cm³/mol. The Hall–Kier alpha value is -3.13. The van der Waals surface area contributed by atoms with Crippen LogP contribution in [0.15, 0.2) is 58.7 Å². The zero-order chi connectivity index (χ0) is 19.2. The number of para-hydroxylation sites is 1. The standard InChI is InChI=1S/C19H18N4O3S/c1-12-6-8-14(9-7-12)21-17(25)10-16-18(26)22-19(27-16)23-20-11-13-4-2-3-5-15(13)24/h2-9,11,16,24H,10H2,1H3,(H,21,25)(H,22,23,26)/b20-11-/t16-/m1/s1. The molecule has 1 aliphatic rings. The number of hydrogen-bond donors (Lipinski definition) is 3. The smallest absolute Gasteiger partial charge is 0.240 e. The Morgan fingerprint density at radius 1 is 1.26 bits per heavy atom. The number of carbonyl (C=O) groups is 2. The molecule has 0 bridgehead atoms. The van der Waals surface area contributed by atoms with Crippen molar-refractivity contribution in [1.29, 1.82) is 0 Å². The first kappa shape index (κ1) is 18.7. The van der Waals surface area contributed by atoms with Gasteiger partial charge in [0, 0.05) is 17.7 Å². The zero-order valence-electron chi connectivity index (χ0n) is 14.5. The molecular weight excluding hydrogens is 364 g/mol. The van der Waals surface area contributed by atoms with Crippen molar-refractivity contribution >= 4 is 40.6 Å². The van der Waals surface area contributed by atoms with Gasteiger partial charge in [-0.05, 0) is 31.2 Å². The van der Waals surface area contributed by atoms with Gasteiger partial charge >= 0.3 is 0 Å². The van der Waals surface area contributed by atoms with Gasteiger partial charge in [0.2, 0.25) is 11.8 Å². The Morgan fingerprint density at radius 3 is 2.74 bits per heavy atom. The highest BCUT2D eigenvalue weighted by Gasteiger charge is 2.32. The maximum Gasteiger partial charge on any atom is 0.240 e. The summed E-state index contributed by atoms with van der Waals surface area (Å²) in [5, 5.41) is 22.6. The molecule has 138 valence electrons. The van der Waals surface area contributed by atoms with E-state index in [1.165, 1.54) is 6.21 Å². The van der Waals surface area contributed by atoms with Crippen LogP contribution >= 0.6 is 11.8 Å². The van der Waals surface area contributed by atoms with E-state index >= 15 is 0 Å². The SMILES string of the molecule is Cc1ccc(NC(=O)C[C@H]2S/C(=N\N=C/c3ccccc3O)NC2=O)cc1. The second-order valence-corrected chi connectivity index (χ2v) is 7.11. The van der Waals surface area contributed by atoms with Gasteiger partial charge in [0.15, 0.2) is 5.17 Å². The third-order valence-corrected chi connectivity index (χ3v) is 4.84. The van der Waals surface area contributed by atoms with Gasteiger partial charge in [0.25, 0.3) is 0 Å². The van der Waals surface area contributed by atoms with E-state index in [9.17, 15) is 14.7 Å². The highest BCUT2D eigenvalue weighted by molar-refractivity contribution is 8.15. The third kappa shape index (κ3) is 5.18. The molecule has 2 amide bonds. The number of rotatable bonds is 5. The average molecular weight is 382 g/mol. The van der Waals surface area contributed by atoms with Gasteiger partial charge in [-0.1, -0.05) is 41.6 Å². The molecule has 27 heavy (non-hydrogen) atoms. The third-order valence-electron chi connectivity index (χ3n) is 3.76. The topological polar surface area (TPSA) is 103 Å². The number of benzene rings is 2. The van der Waals surface area contributed by atoms with E-state index in [2.05, 4.69) is 20.8 Å². The highest BCUT2D eigenvalue weighted by atomic mass is 32.2. The molecule has 1 heterocycles. The molecule has 0 radical (unpaired) electrons. The number of nitrogens with zero attached hydrogens (tertiary/aromatic N) is 2. The van der Waals surface area contributed by atoms with Crippen LogP contribution in [0, 0.1) is 6.92 Å². The average Bonchev–Trinajstić information content (AvgIpc) is 2.98. The van der Waals surface area contributed by atoms with E-state index < -0.39 is 5.25 Å². The van der Waals surface area contributed by atoms with E-state index in [-0.39, 0.29) is 24.0 Å². The van der Waals surface area contributed by atoms with Crippen molar-refractivity contribution in [2.24, 2.45) is 10.2 Å². The summed E-state index contributed by atoms with van der Waals surface area (Å²) < 4.78 is 0. The fourth-order valence-electron chi connectivity index (χ4n) is 2.34. The number of aromatic hydroxyl groups is 1. The van der Waals surface area contributed by atoms with Gasteiger partial charge in [-0.25, -0.2) is 0 Å². The number of phenolic OH excluding ortho intramolecular Hbond substituents is 1. The second-order valence-electron chi connectivity index (χ2n) is 5.92. The summed E-state index contributed by atoms with van der Waals surface area (Å²) in [6, 6.07) is 14.1. The Morgan fingerprint density at radius 2 is 2.00 bits per heavy atom. The molecule has 7 nitrogen and oxygen atoms in total. The maximum atomic E-state index is 12.1. The van der Waals surface area contributed by atoms with E-state index in [0.717, 1.165) is 17.3 Å². The van der Waals surface area contributed by atoms with Crippen molar-refractivity contribution in [3.63, 3.8) is 0 Å². The van der Waals surface area contributed by atoms with Crippen LogP contribution in [0.2, 0.25) is 0 Å². The van der Waals surface area contributed by atoms with Crippen LogP contribution in [0.5, 0.6) is 5.75 Å². The van der Waals surface area contributed by atoms with Gasteiger partial charge in [-0.2, -0.15) is 5.10 Å². The quantitative estimate of drug-likeness (QED) is 0.546. The predicted octanol–water partition coefficient (Wildman–Crippen LogP) is 2.65. The number of carbonyl (C=O) groups excluding carboxylic acids is 2. The fraction of sp³-hybridized carbons (Fsp3) is 0.158. The summed E-state index contributed by atoms with van der Waals surface area (Å²) in [6.45, 7) is 1.97. The van der Waals surface area contributed by atoms with Crippen LogP contribution in [0.3, 0.4) is 0 Å². The minimum atomic E-state index is -0.561. The van der Waals surface area contributed by atoms with E-state index in [1.54, 1.807) is 24.3 Å². The lowest BCUT2D eigenvalue weighted by Gasteiger charge is -2.07. The molecule has 0 aliphatic carbocycles. The summed E-state index contributed by atoms with van der Waals surface area (Å²) in [6.07, 6.45) is 1.43.